The molecule has 0 aromatic heterocycles. The molecule has 0 radical (unpaired) electrons. The molecule has 0 spiro atoms. The minimum atomic E-state index is -0.353. The second kappa shape index (κ2) is 7.49. The van der Waals surface area contributed by atoms with E-state index < -0.39 is 0 Å². The van der Waals surface area contributed by atoms with Crippen molar-refractivity contribution in [3.8, 4) is 5.75 Å². The zero-order valence-electron chi connectivity index (χ0n) is 12.9. The summed E-state index contributed by atoms with van der Waals surface area (Å²) in [4.78, 5) is 25.8. The molecule has 1 heterocycles. The first-order valence-corrected chi connectivity index (χ1v) is 7.87. The van der Waals surface area contributed by atoms with Gasteiger partial charge in [-0.3, -0.25) is 9.59 Å². The lowest BCUT2D eigenvalue weighted by Crippen LogP contribution is -2.38. The smallest absolute Gasteiger partial charge is 0.253 e. The van der Waals surface area contributed by atoms with Crippen LogP contribution in [0.3, 0.4) is 0 Å². The fourth-order valence-corrected chi connectivity index (χ4v) is 2.61. The molecular weight excluding hydrogens is 304 g/mol. The molecule has 1 aromatic carbocycles. The number of ether oxygens (including phenoxy) is 1. The van der Waals surface area contributed by atoms with Gasteiger partial charge in [0.05, 0.1) is 23.2 Å². The van der Waals surface area contributed by atoms with Crippen LogP contribution in [0.2, 0.25) is 5.02 Å². The quantitative estimate of drug-likeness (QED) is 0.905. The highest BCUT2D eigenvalue weighted by Gasteiger charge is 2.19. The predicted molar refractivity (Wildman–Crippen MR) is 85.4 cm³/mol. The standard InChI is InChI=1S/C16H21ClN2O3/c1-11(2)22-12-5-6-13(14(17)9-12)16(21)18-10-15(20)19-7-3-4-8-19/h5-6,9,11H,3-4,7-8,10H2,1-2H3,(H,18,21). The normalized spacial score (nSPS) is 14.3. The Kier molecular flexibility index (Phi) is 5.66. The van der Waals surface area contributed by atoms with E-state index in [9.17, 15) is 9.59 Å². The fraction of sp³-hybridized carbons (Fsp3) is 0.500. The van der Waals surface area contributed by atoms with Gasteiger partial charge >= 0.3 is 0 Å². The molecule has 0 unspecified atom stereocenters. The van der Waals surface area contributed by atoms with Crippen molar-refractivity contribution in [2.75, 3.05) is 19.6 Å². The van der Waals surface area contributed by atoms with E-state index in [1.807, 2.05) is 13.8 Å². The van der Waals surface area contributed by atoms with Gasteiger partial charge in [-0.25, -0.2) is 0 Å². The lowest BCUT2D eigenvalue weighted by Gasteiger charge is -2.16. The minimum Gasteiger partial charge on any atom is -0.491 e. The Hall–Kier alpha value is -1.75. The Labute approximate surface area is 135 Å². The third-order valence-electron chi connectivity index (χ3n) is 3.42. The van der Waals surface area contributed by atoms with Crippen molar-refractivity contribution in [2.45, 2.75) is 32.8 Å². The van der Waals surface area contributed by atoms with Gasteiger partial charge in [-0.15, -0.1) is 0 Å². The average molecular weight is 325 g/mol. The molecule has 2 rings (SSSR count). The molecule has 22 heavy (non-hydrogen) atoms. The van der Waals surface area contributed by atoms with Crippen molar-refractivity contribution in [3.05, 3.63) is 28.8 Å². The van der Waals surface area contributed by atoms with Gasteiger partial charge in [0.2, 0.25) is 5.91 Å². The third-order valence-corrected chi connectivity index (χ3v) is 3.73. The largest absolute Gasteiger partial charge is 0.491 e. The molecule has 6 heteroatoms. The summed E-state index contributed by atoms with van der Waals surface area (Å²) in [5.41, 5.74) is 0.340. The summed E-state index contributed by atoms with van der Waals surface area (Å²) < 4.78 is 5.52. The second-order valence-electron chi connectivity index (χ2n) is 5.58. The molecule has 0 atom stereocenters. The first-order chi connectivity index (χ1) is 10.5. The first-order valence-electron chi connectivity index (χ1n) is 7.49. The number of nitrogens with zero attached hydrogens (tertiary/aromatic N) is 1. The highest BCUT2D eigenvalue weighted by molar-refractivity contribution is 6.34. The van der Waals surface area contributed by atoms with E-state index in [0.29, 0.717) is 16.3 Å². The molecule has 1 fully saturated rings. The summed E-state index contributed by atoms with van der Waals surface area (Å²) in [7, 11) is 0. The van der Waals surface area contributed by atoms with Crippen LogP contribution < -0.4 is 10.1 Å². The highest BCUT2D eigenvalue weighted by atomic mass is 35.5. The van der Waals surface area contributed by atoms with Crippen LogP contribution in [0.4, 0.5) is 0 Å². The van der Waals surface area contributed by atoms with Gasteiger partial charge in [-0.2, -0.15) is 0 Å². The minimum absolute atomic E-state index is 0.000588. The van der Waals surface area contributed by atoms with Gasteiger partial charge in [0, 0.05) is 13.1 Å². The van der Waals surface area contributed by atoms with E-state index in [1.54, 1.807) is 23.1 Å². The SMILES string of the molecule is CC(C)Oc1ccc(C(=O)NCC(=O)N2CCCC2)c(Cl)c1. The zero-order valence-corrected chi connectivity index (χ0v) is 13.7. The number of hydrogen-bond acceptors (Lipinski definition) is 3. The van der Waals surface area contributed by atoms with Crippen LogP contribution in [0.25, 0.3) is 0 Å². The van der Waals surface area contributed by atoms with E-state index in [0.717, 1.165) is 25.9 Å². The third kappa shape index (κ3) is 4.37. The maximum atomic E-state index is 12.1. The zero-order chi connectivity index (χ0) is 16.1. The van der Waals surface area contributed by atoms with Gasteiger partial charge < -0.3 is 15.0 Å². The molecular formula is C16H21ClN2O3. The predicted octanol–water partition coefficient (Wildman–Crippen LogP) is 2.48. The van der Waals surface area contributed by atoms with Gasteiger partial charge in [0.25, 0.3) is 5.91 Å². The van der Waals surface area contributed by atoms with Crippen molar-refractivity contribution in [1.29, 1.82) is 0 Å². The monoisotopic (exact) mass is 324 g/mol. The summed E-state index contributed by atoms with van der Waals surface area (Å²) in [6.45, 7) is 5.38. The van der Waals surface area contributed by atoms with Gasteiger partial charge in [0.1, 0.15) is 5.75 Å². The molecule has 1 N–H and O–H groups in total. The second-order valence-corrected chi connectivity index (χ2v) is 5.99. The topological polar surface area (TPSA) is 58.6 Å². The summed E-state index contributed by atoms with van der Waals surface area (Å²) in [5, 5.41) is 2.93. The lowest BCUT2D eigenvalue weighted by molar-refractivity contribution is -0.129. The summed E-state index contributed by atoms with van der Waals surface area (Å²) in [6, 6.07) is 4.91. The lowest BCUT2D eigenvalue weighted by atomic mass is 10.2. The van der Waals surface area contributed by atoms with Gasteiger partial charge in [-0.05, 0) is 44.9 Å². The van der Waals surface area contributed by atoms with Crippen LogP contribution in [0.1, 0.15) is 37.0 Å². The average Bonchev–Trinajstić information content (AvgIpc) is 2.98. The van der Waals surface area contributed by atoms with Crippen LogP contribution in [0.5, 0.6) is 5.75 Å². The van der Waals surface area contributed by atoms with E-state index >= 15 is 0 Å². The number of halogens is 1. The van der Waals surface area contributed by atoms with Crippen molar-refractivity contribution >= 4 is 23.4 Å². The number of carbonyl (C=O) groups excluding carboxylic acids is 2. The van der Waals surface area contributed by atoms with Crippen LogP contribution in [0, 0.1) is 0 Å². The molecule has 120 valence electrons. The van der Waals surface area contributed by atoms with Crippen LogP contribution in [-0.4, -0.2) is 42.5 Å². The number of rotatable bonds is 5. The van der Waals surface area contributed by atoms with Crippen molar-refractivity contribution < 1.29 is 14.3 Å². The van der Waals surface area contributed by atoms with E-state index in [4.69, 9.17) is 16.3 Å². The highest BCUT2D eigenvalue weighted by Crippen LogP contribution is 2.23. The maximum absolute atomic E-state index is 12.1. The Morgan fingerprint density at radius 3 is 2.59 bits per heavy atom. The fourth-order valence-electron chi connectivity index (χ4n) is 2.35. The molecule has 1 aliphatic heterocycles. The summed E-state index contributed by atoms with van der Waals surface area (Å²) in [5.74, 6) is 0.208. The Morgan fingerprint density at radius 1 is 1.32 bits per heavy atom. The van der Waals surface area contributed by atoms with Crippen molar-refractivity contribution in [1.82, 2.24) is 10.2 Å². The van der Waals surface area contributed by atoms with Crippen LogP contribution in [-0.2, 0) is 4.79 Å². The Balaban J connectivity index is 1.93. The maximum Gasteiger partial charge on any atom is 0.253 e. The molecule has 1 saturated heterocycles. The molecule has 0 saturated carbocycles. The van der Waals surface area contributed by atoms with E-state index in [-0.39, 0.29) is 24.5 Å². The molecule has 2 amide bonds. The number of benzene rings is 1. The molecule has 0 aliphatic carbocycles. The number of likely N-dealkylation sites (tertiary alicyclic amines) is 1. The first kappa shape index (κ1) is 16.6. The number of amides is 2. The van der Waals surface area contributed by atoms with Crippen molar-refractivity contribution in [2.24, 2.45) is 0 Å². The van der Waals surface area contributed by atoms with Gasteiger partial charge in [-0.1, -0.05) is 11.6 Å². The van der Waals surface area contributed by atoms with E-state index in [2.05, 4.69) is 5.32 Å². The van der Waals surface area contributed by atoms with Crippen LogP contribution >= 0.6 is 11.6 Å². The van der Waals surface area contributed by atoms with Crippen molar-refractivity contribution in [3.63, 3.8) is 0 Å². The number of nitrogens with one attached hydrogen (secondary N) is 1. The Bertz CT molecular complexity index is 554. The Morgan fingerprint density at radius 2 is 2.00 bits per heavy atom. The number of hydrogen-bond donors (Lipinski definition) is 1. The summed E-state index contributed by atoms with van der Waals surface area (Å²) >= 11 is 6.11. The van der Waals surface area contributed by atoms with Crippen LogP contribution in [0.15, 0.2) is 18.2 Å². The molecule has 5 nitrogen and oxygen atoms in total. The molecule has 1 aliphatic rings. The summed E-state index contributed by atoms with van der Waals surface area (Å²) in [6.07, 6.45) is 2.10. The van der Waals surface area contributed by atoms with E-state index in [1.165, 1.54) is 0 Å². The number of carbonyl (C=O) groups is 2. The molecule has 0 bridgehead atoms. The van der Waals surface area contributed by atoms with Gasteiger partial charge in [0.15, 0.2) is 0 Å². The molecule has 1 aromatic rings.